The normalized spacial score (nSPS) is 14.7. The summed E-state index contributed by atoms with van der Waals surface area (Å²) in [4.78, 5) is 2.48. The summed E-state index contributed by atoms with van der Waals surface area (Å²) < 4.78 is 0. The first-order valence-electron chi connectivity index (χ1n) is 7.48. The van der Waals surface area contributed by atoms with Gasteiger partial charge in [0.25, 0.3) is 0 Å². The number of halogens is 1. The van der Waals surface area contributed by atoms with Gasteiger partial charge in [-0.15, -0.1) is 0 Å². The van der Waals surface area contributed by atoms with Gasteiger partial charge in [-0.3, -0.25) is 0 Å². The van der Waals surface area contributed by atoms with Crippen molar-refractivity contribution >= 4 is 17.3 Å². The van der Waals surface area contributed by atoms with Gasteiger partial charge in [0.2, 0.25) is 0 Å². The Morgan fingerprint density at radius 1 is 1.32 bits per heavy atom. The number of nitrogens with zero attached hydrogens (tertiary/aromatic N) is 1. The molecule has 3 heteroatoms. The molecule has 1 aliphatic rings. The largest absolute Gasteiger partial charge is 0.371 e. The monoisotopic (exact) mass is 280 g/mol. The molecule has 0 bridgehead atoms. The molecule has 0 amide bonds. The summed E-state index contributed by atoms with van der Waals surface area (Å²) in [5.41, 5.74) is 2.67. The summed E-state index contributed by atoms with van der Waals surface area (Å²) >= 11 is 6.18. The Morgan fingerprint density at radius 3 is 2.74 bits per heavy atom. The highest BCUT2D eigenvalue weighted by atomic mass is 35.5. The molecular weight excluding hydrogens is 256 g/mol. The summed E-state index contributed by atoms with van der Waals surface area (Å²) in [6, 6.07) is 6.28. The van der Waals surface area contributed by atoms with Crippen LogP contribution in [-0.4, -0.2) is 19.6 Å². The van der Waals surface area contributed by atoms with Crippen LogP contribution < -0.4 is 10.2 Å². The van der Waals surface area contributed by atoms with Crippen LogP contribution in [0.15, 0.2) is 18.2 Å². The third-order valence-electron chi connectivity index (χ3n) is 3.69. The molecule has 0 aromatic heterocycles. The Balaban J connectivity index is 2.11. The highest BCUT2D eigenvalue weighted by Crippen LogP contribution is 2.33. The van der Waals surface area contributed by atoms with E-state index in [1.54, 1.807) is 0 Å². The van der Waals surface area contributed by atoms with Crippen LogP contribution in [0.4, 0.5) is 5.69 Å². The predicted octanol–water partition coefficient (Wildman–Crippen LogP) is 4.08. The van der Waals surface area contributed by atoms with Crippen LogP contribution >= 0.6 is 11.6 Å². The number of anilines is 1. The molecule has 19 heavy (non-hydrogen) atoms. The van der Waals surface area contributed by atoms with Crippen molar-refractivity contribution in [2.45, 2.75) is 39.7 Å². The average molecular weight is 281 g/mol. The lowest BCUT2D eigenvalue weighted by atomic mass is 10.1. The molecular formula is C16H25ClN2. The van der Waals surface area contributed by atoms with Gasteiger partial charge in [0.05, 0.1) is 0 Å². The van der Waals surface area contributed by atoms with E-state index in [9.17, 15) is 0 Å². The van der Waals surface area contributed by atoms with E-state index < -0.39 is 0 Å². The lowest BCUT2D eigenvalue weighted by molar-refractivity contribution is 0.669. The van der Waals surface area contributed by atoms with Crippen molar-refractivity contribution in [1.29, 1.82) is 0 Å². The molecule has 1 aromatic rings. The van der Waals surface area contributed by atoms with Crippen molar-refractivity contribution in [3.63, 3.8) is 0 Å². The first kappa shape index (κ1) is 14.7. The Kier molecular flexibility index (Phi) is 5.53. The highest BCUT2D eigenvalue weighted by molar-refractivity contribution is 6.30. The third kappa shape index (κ3) is 4.39. The lowest BCUT2D eigenvalue weighted by Gasteiger charge is -2.26. The number of benzene rings is 1. The smallest absolute Gasteiger partial charge is 0.0426 e. The second kappa shape index (κ2) is 7.16. The molecule has 0 radical (unpaired) electrons. The van der Waals surface area contributed by atoms with Crippen molar-refractivity contribution in [1.82, 2.24) is 5.32 Å². The van der Waals surface area contributed by atoms with E-state index in [4.69, 9.17) is 11.6 Å². The minimum absolute atomic E-state index is 0.837. The Hall–Kier alpha value is -0.730. The van der Waals surface area contributed by atoms with E-state index in [2.05, 4.69) is 36.2 Å². The molecule has 0 heterocycles. The molecule has 1 aromatic carbocycles. The number of hydrogen-bond acceptors (Lipinski definition) is 2. The summed E-state index contributed by atoms with van der Waals surface area (Å²) in [5.74, 6) is 0.899. The van der Waals surface area contributed by atoms with Crippen molar-refractivity contribution in [3.05, 3.63) is 28.8 Å². The molecule has 2 rings (SSSR count). The van der Waals surface area contributed by atoms with Gasteiger partial charge in [0, 0.05) is 30.3 Å². The van der Waals surface area contributed by atoms with Crippen LogP contribution in [0.2, 0.25) is 5.02 Å². The summed E-state index contributed by atoms with van der Waals surface area (Å²) in [6.07, 6.45) is 3.95. The van der Waals surface area contributed by atoms with Crippen LogP contribution in [0.1, 0.15) is 38.7 Å². The fourth-order valence-electron chi connectivity index (χ4n) is 2.39. The number of nitrogens with one attached hydrogen (secondary N) is 1. The molecule has 0 saturated heterocycles. The Morgan fingerprint density at radius 2 is 2.11 bits per heavy atom. The van der Waals surface area contributed by atoms with E-state index >= 15 is 0 Å². The summed E-state index contributed by atoms with van der Waals surface area (Å²) in [5, 5.41) is 4.33. The van der Waals surface area contributed by atoms with E-state index in [1.807, 2.05) is 6.07 Å². The van der Waals surface area contributed by atoms with Crippen LogP contribution in [0, 0.1) is 5.92 Å². The first-order valence-corrected chi connectivity index (χ1v) is 7.86. The summed E-state index contributed by atoms with van der Waals surface area (Å²) in [7, 11) is 0. The van der Waals surface area contributed by atoms with E-state index in [0.717, 1.165) is 30.6 Å². The van der Waals surface area contributed by atoms with Crippen LogP contribution in [-0.2, 0) is 6.54 Å². The molecule has 1 saturated carbocycles. The molecule has 0 unspecified atom stereocenters. The van der Waals surface area contributed by atoms with Gasteiger partial charge in [0.1, 0.15) is 0 Å². The van der Waals surface area contributed by atoms with Crippen LogP contribution in [0.5, 0.6) is 0 Å². The molecule has 0 aliphatic heterocycles. The fraction of sp³-hybridized carbons (Fsp3) is 0.625. The van der Waals surface area contributed by atoms with Crippen LogP contribution in [0.25, 0.3) is 0 Å². The molecule has 0 atom stereocenters. The predicted molar refractivity (Wildman–Crippen MR) is 84.1 cm³/mol. The zero-order valence-electron chi connectivity index (χ0n) is 12.1. The minimum atomic E-state index is 0.837. The van der Waals surface area contributed by atoms with Crippen LogP contribution in [0.3, 0.4) is 0 Å². The van der Waals surface area contributed by atoms with Gasteiger partial charge < -0.3 is 10.2 Å². The van der Waals surface area contributed by atoms with Crippen molar-refractivity contribution in [2.75, 3.05) is 24.5 Å². The third-order valence-corrected chi connectivity index (χ3v) is 3.92. The van der Waals surface area contributed by atoms with Crippen molar-refractivity contribution < 1.29 is 0 Å². The first-order chi connectivity index (χ1) is 9.24. The molecule has 1 N–H and O–H groups in total. The lowest BCUT2D eigenvalue weighted by Crippen LogP contribution is -2.27. The highest BCUT2D eigenvalue weighted by Gasteiger charge is 2.24. The standard InChI is InChI=1S/C16H25ClN2/c1-3-9-18-11-14-7-8-15(17)10-16(14)19(4-2)12-13-5-6-13/h7-8,10,13,18H,3-6,9,11-12H2,1-2H3. The maximum Gasteiger partial charge on any atom is 0.0426 e. The van der Waals surface area contributed by atoms with Gasteiger partial charge in [-0.2, -0.15) is 0 Å². The SMILES string of the molecule is CCCNCc1ccc(Cl)cc1N(CC)CC1CC1. The zero-order valence-corrected chi connectivity index (χ0v) is 12.8. The second-order valence-corrected chi connectivity index (χ2v) is 5.87. The average Bonchev–Trinajstić information content (AvgIpc) is 3.22. The van der Waals surface area contributed by atoms with Gasteiger partial charge in [-0.1, -0.05) is 24.6 Å². The van der Waals surface area contributed by atoms with Crippen molar-refractivity contribution in [3.8, 4) is 0 Å². The molecule has 1 aliphatic carbocycles. The Bertz CT molecular complexity index is 402. The maximum absolute atomic E-state index is 6.18. The van der Waals surface area contributed by atoms with Gasteiger partial charge >= 0.3 is 0 Å². The van der Waals surface area contributed by atoms with Gasteiger partial charge in [0.15, 0.2) is 0 Å². The van der Waals surface area contributed by atoms with E-state index in [0.29, 0.717) is 0 Å². The van der Waals surface area contributed by atoms with E-state index in [1.165, 1.54) is 37.1 Å². The number of rotatable bonds is 8. The Labute approximate surface area is 122 Å². The van der Waals surface area contributed by atoms with Gasteiger partial charge in [-0.25, -0.2) is 0 Å². The topological polar surface area (TPSA) is 15.3 Å². The molecule has 0 spiro atoms. The summed E-state index contributed by atoms with van der Waals surface area (Å²) in [6.45, 7) is 8.65. The quantitative estimate of drug-likeness (QED) is 0.722. The van der Waals surface area contributed by atoms with Crippen molar-refractivity contribution in [2.24, 2.45) is 5.92 Å². The zero-order chi connectivity index (χ0) is 13.7. The minimum Gasteiger partial charge on any atom is -0.371 e. The maximum atomic E-state index is 6.18. The molecule has 106 valence electrons. The second-order valence-electron chi connectivity index (χ2n) is 5.43. The van der Waals surface area contributed by atoms with E-state index in [-0.39, 0.29) is 0 Å². The number of hydrogen-bond donors (Lipinski definition) is 1. The molecule has 1 fully saturated rings. The fourth-order valence-corrected chi connectivity index (χ4v) is 2.56. The van der Waals surface area contributed by atoms with Gasteiger partial charge in [-0.05, 0) is 56.3 Å². The molecule has 2 nitrogen and oxygen atoms in total.